The van der Waals surface area contributed by atoms with Gasteiger partial charge in [-0.05, 0) is 36.6 Å². The Bertz CT molecular complexity index is 795. The molecule has 1 aliphatic rings. The van der Waals surface area contributed by atoms with Gasteiger partial charge in [0.2, 0.25) is 5.52 Å². The van der Waals surface area contributed by atoms with Crippen molar-refractivity contribution >= 4 is 34.3 Å². The summed E-state index contributed by atoms with van der Waals surface area (Å²) in [5.74, 6) is 0.874. The average molecular weight is 330 g/mol. The number of H-pyrrole nitrogens is 2. The summed E-state index contributed by atoms with van der Waals surface area (Å²) in [5.41, 5.74) is 2.82. The number of aromatic nitrogens is 4. The lowest BCUT2D eigenvalue weighted by Gasteiger charge is -2.33. The number of anilines is 2. The molecule has 0 aliphatic carbocycles. The van der Waals surface area contributed by atoms with E-state index in [0.717, 1.165) is 42.9 Å². The van der Waals surface area contributed by atoms with Crippen LogP contribution in [0.2, 0.25) is 5.28 Å². The smallest absolute Gasteiger partial charge is 0.306 e. The van der Waals surface area contributed by atoms with Crippen LogP contribution in [0.4, 0.5) is 11.5 Å². The maximum atomic E-state index is 6.04. The van der Waals surface area contributed by atoms with Crippen LogP contribution in [0.15, 0.2) is 36.7 Å². The molecule has 2 aromatic heterocycles. The molecule has 7 heteroatoms. The minimum Gasteiger partial charge on any atom is -0.382 e. The van der Waals surface area contributed by atoms with Gasteiger partial charge in [-0.25, -0.2) is 4.98 Å². The van der Waals surface area contributed by atoms with E-state index in [-0.39, 0.29) is 5.28 Å². The van der Waals surface area contributed by atoms with E-state index in [9.17, 15) is 0 Å². The van der Waals surface area contributed by atoms with Crippen LogP contribution in [0.1, 0.15) is 12.8 Å². The van der Waals surface area contributed by atoms with Gasteiger partial charge in [0.25, 0.3) is 0 Å². The molecule has 3 heterocycles. The fourth-order valence-electron chi connectivity index (χ4n) is 3.07. The summed E-state index contributed by atoms with van der Waals surface area (Å²) in [6.45, 7) is 1.87. The zero-order valence-electron chi connectivity index (χ0n) is 12.6. The first-order valence-electron chi connectivity index (χ1n) is 7.78. The van der Waals surface area contributed by atoms with E-state index in [1.807, 2.05) is 6.07 Å². The van der Waals surface area contributed by atoms with E-state index < -0.39 is 0 Å². The van der Waals surface area contributed by atoms with Crippen molar-refractivity contribution in [1.82, 2.24) is 15.0 Å². The Morgan fingerprint density at radius 3 is 2.74 bits per heavy atom. The van der Waals surface area contributed by atoms with Gasteiger partial charge in [-0.15, -0.1) is 0 Å². The largest absolute Gasteiger partial charge is 0.382 e. The van der Waals surface area contributed by atoms with E-state index in [2.05, 4.69) is 54.4 Å². The molecule has 118 valence electrons. The number of para-hydroxylation sites is 1. The van der Waals surface area contributed by atoms with E-state index >= 15 is 0 Å². The molecular weight excluding hydrogens is 312 g/mol. The Kier molecular flexibility index (Phi) is 3.75. The minimum atomic E-state index is 0.271. The highest BCUT2D eigenvalue weighted by molar-refractivity contribution is 6.28. The van der Waals surface area contributed by atoms with Crippen LogP contribution >= 0.6 is 11.6 Å². The van der Waals surface area contributed by atoms with Crippen molar-refractivity contribution in [3.05, 3.63) is 41.9 Å². The molecule has 0 amide bonds. The fourth-order valence-corrected chi connectivity index (χ4v) is 3.24. The molecule has 0 spiro atoms. The maximum Gasteiger partial charge on any atom is 0.306 e. The maximum absolute atomic E-state index is 6.04. The second-order valence-electron chi connectivity index (χ2n) is 5.74. The Hall–Kier alpha value is -2.34. The van der Waals surface area contributed by atoms with Gasteiger partial charge in [0.1, 0.15) is 0 Å². The number of aromatic amines is 2. The Labute approximate surface area is 138 Å². The highest BCUT2D eigenvalue weighted by Crippen LogP contribution is 2.25. The molecule has 1 aromatic carbocycles. The normalized spacial score (nSPS) is 16.0. The molecule has 0 bridgehead atoms. The van der Waals surface area contributed by atoms with Gasteiger partial charge in [0.05, 0.1) is 0 Å². The molecule has 6 nitrogen and oxygen atoms in total. The van der Waals surface area contributed by atoms with E-state index in [1.165, 1.54) is 5.69 Å². The number of nitrogens with one attached hydrogen (secondary N) is 3. The standard InChI is InChI=1S/C16H17ClN6/c17-16-21-14-13(18-10-19-14)15(22-16)23-8-6-12(7-9-23)20-11-4-2-1-3-5-11/h1-5,10,12,20H,6-9H2,(H,18,19,21,22)/p+1. The predicted molar refractivity (Wildman–Crippen MR) is 90.8 cm³/mol. The predicted octanol–water partition coefficient (Wildman–Crippen LogP) is 2.51. The summed E-state index contributed by atoms with van der Waals surface area (Å²) in [5, 5.41) is 3.87. The molecule has 1 aliphatic heterocycles. The molecule has 1 saturated heterocycles. The Morgan fingerprint density at radius 1 is 1.17 bits per heavy atom. The van der Waals surface area contributed by atoms with Gasteiger partial charge < -0.3 is 10.2 Å². The SMILES string of the molecule is Clc1nc(N2CCC(Nc3ccccc3)CC2)c2[nH]c[nH+]c2n1. The number of piperidine rings is 1. The van der Waals surface area contributed by atoms with Crippen LogP contribution in [0.25, 0.3) is 11.2 Å². The van der Waals surface area contributed by atoms with Gasteiger partial charge in [-0.1, -0.05) is 23.2 Å². The van der Waals surface area contributed by atoms with Gasteiger partial charge in [0.15, 0.2) is 12.1 Å². The van der Waals surface area contributed by atoms with Crippen LogP contribution in [0.3, 0.4) is 0 Å². The van der Waals surface area contributed by atoms with Crippen molar-refractivity contribution in [3.8, 4) is 0 Å². The van der Waals surface area contributed by atoms with Crippen LogP contribution in [-0.4, -0.2) is 34.1 Å². The molecule has 3 aromatic rings. The van der Waals surface area contributed by atoms with Gasteiger partial charge in [0, 0.05) is 24.8 Å². The van der Waals surface area contributed by atoms with Crippen LogP contribution in [-0.2, 0) is 0 Å². The Morgan fingerprint density at radius 2 is 1.96 bits per heavy atom. The number of rotatable bonds is 3. The Balaban J connectivity index is 1.47. The van der Waals surface area contributed by atoms with Crippen LogP contribution < -0.4 is 15.2 Å². The quantitative estimate of drug-likeness (QED) is 0.724. The van der Waals surface area contributed by atoms with Crippen molar-refractivity contribution in [2.45, 2.75) is 18.9 Å². The van der Waals surface area contributed by atoms with Crippen molar-refractivity contribution in [2.75, 3.05) is 23.3 Å². The van der Waals surface area contributed by atoms with Crippen molar-refractivity contribution < 1.29 is 4.98 Å². The molecule has 4 rings (SSSR count). The summed E-state index contributed by atoms with van der Waals surface area (Å²) in [7, 11) is 0. The first-order chi connectivity index (χ1) is 11.3. The zero-order chi connectivity index (χ0) is 15.6. The van der Waals surface area contributed by atoms with Crippen LogP contribution in [0.5, 0.6) is 0 Å². The lowest BCUT2D eigenvalue weighted by Crippen LogP contribution is -2.39. The monoisotopic (exact) mass is 329 g/mol. The molecule has 1 fully saturated rings. The van der Waals surface area contributed by atoms with E-state index in [0.29, 0.717) is 6.04 Å². The number of benzene rings is 1. The summed E-state index contributed by atoms with van der Waals surface area (Å²) in [4.78, 5) is 17.1. The third-order valence-corrected chi connectivity index (χ3v) is 4.40. The molecule has 0 saturated carbocycles. The number of imidazole rings is 1. The lowest BCUT2D eigenvalue weighted by molar-refractivity contribution is -0.347. The summed E-state index contributed by atoms with van der Waals surface area (Å²) in [6.07, 6.45) is 3.87. The highest BCUT2D eigenvalue weighted by Gasteiger charge is 2.25. The minimum absolute atomic E-state index is 0.271. The average Bonchev–Trinajstić information content (AvgIpc) is 3.04. The van der Waals surface area contributed by atoms with Gasteiger partial charge in [-0.3, -0.25) is 4.98 Å². The van der Waals surface area contributed by atoms with Crippen LogP contribution in [0, 0.1) is 0 Å². The number of fused-ring (bicyclic) bond motifs is 1. The number of hydrogen-bond acceptors (Lipinski definition) is 4. The summed E-state index contributed by atoms with van der Waals surface area (Å²) >= 11 is 6.04. The van der Waals surface area contributed by atoms with Gasteiger partial charge >= 0.3 is 10.9 Å². The third-order valence-electron chi connectivity index (χ3n) is 4.23. The van der Waals surface area contributed by atoms with E-state index in [1.54, 1.807) is 6.33 Å². The van der Waals surface area contributed by atoms with E-state index in [4.69, 9.17) is 11.6 Å². The first-order valence-corrected chi connectivity index (χ1v) is 8.16. The third kappa shape index (κ3) is 2.94. The first kappa shape index (κ1) is 14.3. The van der Waals surface area contributed by atoms with Gasteiger partial charge in [-0.2, -0.15) is 4.98 Å². The molecule has 0 atom stereocenters. The highest BCUT2D eigenvalue weighted by atomic mass is 35.5. The topological polar surface area (TPSA) is 71.0 Å². The number of nitrogens with zero attached hydrogens (tertiary/aromatic N) is 3. The molecule has 0 unspecified atom stereocenters. The zero-order valence-corrected chi connectivity index (χ0v) is 13.3. The molecule has 23 heavy (non-hydrogen) atoms. The molecule has 3 N–H and O–H groups in total. The molecule has 0 radical (unpaired) electrons. The molecular formula is C16H18ClN6+. The lowest BCUT2D eigenvalue weighted by atomic mass is 10.0. The second kappa shape index (κ2) is 6.04. The number of halogens is 1. The van der Waals surface area contributed by atoms with Crippen molar-refractivity contribution in [2.24, 2.45) is 0 Å². The summed E-state index contributed by atoms with van der Waals surface area (Å²) in [6, 6.07) is 10.8. The van der Waals surface area contributed by atoms with Crippen molar-refractivity contribution in [3.63, 3.8) is 0 Å². The fraction of sp³-hybridized carbons (Fsp3) is 0.312. The second-order valence-corrected chi connectivity index (χ2v) is 6.08. The van der Waals surface area contributed by atoms with Crippen molar-refractivity contribution in [1.29, 1.82) is 0 Å². The summed E-state index contributed by atoms with van der Waals surface area (Å²) < 4.78 is 0. The number of hydrogen-bond donors (Lipinski definition) is 2.